The molecule has 0 aliphatic rings. The van der Waals surface area contributed by atoms with Crippen molar-refractivity contribution in [3.05, 3.63) is 23.0 Å². The molecule has 2 heterocycles. The van der Waals surface area contributed by atoms with E-state index in [-0.39, 0.29) is 6.42 Å². The van der Waals surface area contributed by atoms with E-state index in [9.17, 15) is 4.79 Å². The molecule has 4 nitrogen and oxygen atoms in total. The number of thiophene rings is 1. The van der Waals surface area contributed by atoms with E-state index in [0.29, 0.717) is 11.5 Å². The standard InChI is InChI=1S/C10H10N2O2S/c1-2-8-11-7(5-9(13)14)6-3-4-15-10(6)12-8/h3-4H,2,5H2,1H3,(H,13,14). The van der Waals surface area contributed by atoms with E-state index < -0.39 is 5.97 Å². The van der Waals surface area contributed by atoms with Gasteiger partial charge in [0.25, 0.3) is 0 Å². The van der Waals surface area contributed by atoms with Crippen molar-refractivity contribution in [3.63, 3.8) is 0 Å². The summed E-state index contributed by atoms with van der Waals surface area (Å²) in [6, 6.07) is 1.87. The van der Waals surface area contributed by atoms with E-state index in [1.54, 1.807) is 0 Å². The molecule has 0 unspecified atom stereocenters. The molecule has 0 aliphatic heterocycles. The summed E-state index contributed by atoms with van der Waals surface area (Å²) in [6.07, 6.45) is 0.684. The van der Waals surface area contributed by atoms with Crippen LogP contribution in [0.2, 0.25) is 0 Å². The quantitative estimate of drug-likeness (QED) is 0.861. The zero-order valence-corrected chi connectivity index (χ0v) is 9.04. The van der Waals surface area contributed by atoms with E-state index >= 15 is 0 Å². The first kappa shape index (κ1) is 10.0. The fourth-order valence-corrected chi connectivity index (χ4v) is 2.21. The van der Waals surface area contributed by atoms with Crippen molar-refractivity contribution < 1.29 is 9.90 Å². The maximum absolute atomic E-state index is 10.7. The average molecular weight is 222 g/mol. The number of rotatable bonds is 3. The molecule has 0 radical (unpaired) electrons. The fourth-order valence-electron chi connectivity index (χ4n) is 1.40. The summed E-state index contributed by atoms with van der Waals surface area (Å²) in [7, 11) is 0. The van der Waals surface area contributed by atoms with Gasteiger partial charge in [-0.3, -0.25) is 4.79 Å². The summed E-state index contributed by atoms with van der Waals surface area (Å²) in [5.41, 5.74) is 0.616. The summed E-state index contributed by atoms with van der Waals surface area (Å²) in [5, 5.41) is 11.5. The van der Waals surface area contributed by atoms with Gasteiger partial charge in [-0.2, -0.15) is 0 Å². The number of hydrogen-bond acceptors (Lipinski definition) is 4. The normalized spacial score (nSPS) is 10.7. The van der Waals surface area contributed by atoms with Crippen molar-refractivity contribution in [2.45, 2.75) is 19.8 Å². The third-order valence-electron chi connectivity index (χ3n) is 2.09. The number of aryl methyl sites for hydroxylation is 1. The molecule has 2 aromatic rings. The smallest absolute Gasteiger partial charge is 0.309 e. The molecule has 5 heteroatoms. The largest absolute Gasteiger partial charge is 0.481 e. The SMILES string of the molecule is CCc1nc(CC(=O)O)c2ccsc2n1. The van der Waals surface area contributed by atoms with Gasteiger partial charge in [-0.25, -0.2) is 9.97 Å². The minimum atomic E-state index is -0.858. The van der Waals surface area contributed by atoms with Crippen LogP contribution in [-0.4, -0.2) is 21.0 Å². The topological polar surface area (TPSA) is 63.1 Å². The number of fused-ring (bicyclic) bond motifs is 1. The molecule has 78 valence electrons. The Morgan fingerprint density at radius 2 is 2.33 bits per heavy atom. The highest BCUT2D eigenvalue weighted by Gasteiger charge is 2.10. The molecule has 0 aliphatic carbocycles. The second kappa shape index (κ2) is 3.94. The number of aromatic nitrogens is 2. The molecule has 0 fully saturated rings. The zero-order valence-electron chi connectivity index (χ0n) is 8.23. The number of aliphatic carboxylic acids is 1. The molecular weight excluding hydrogens is 212 g/mol. The highest BCUT2D eigenvalue weighted by Crippen LogP contribution is 2.21. The lowest BCUT2D eigenvalue weighted by molar-refractivity contribution is -0.136. The van der Waals surface area contributed by atoms with E-state index in [1.165, 1.54) is 11.3 Å². The summed E-state index contributed by atoms with van der Waals surface area (Å²) in [6.45, 7) is 1.96. The van der Waals surface area contributed by atoms with Crippen LogP contribution in [0.4, 0.5) is 0 Å². The van der Waals surface area contributed by atoms with Crippen molar-refractivity contribution in [1.29, 1.82) is 0 Å². The molecule has 2 aromatic heterocycles. The molecule has 0 bridgehead atoms. The first-order chi connectivity index (χ1) is 7.20. The first-order valence-corrected chi connectivity index (χ1v) is 5.53. The molecule has 15 heavy (non-hydrogen) atoms. The summed E-state index contributed by atoms with van der Waals surface area (Å²) in [5.74, 6) is -0.149. The molecule has 0 amide bonds. The van der Waals surface area contributed by atoms with Gasteiger partial charge in [-0.1, -0.05) is 6.92 Å². The van der Waals surface area contributed by atoms with Crippen molar-refractivity contribution in [2.24, 2.45) is 0 Å². The second-order valence-corrected chi connectivity index (χ2v) is 4.04. The van der Waals surface area contributed by atoms with Gasteiger partial charge in [0.15, 0.2) is 0 Å². The molecule has 0 spiro atoms. The molecule has 0 atom stereocenters. The lowest BCUT2D eigenvalue weighted by atomic mass is 10.2. The molecule has 2 rings (SSSR count). The van der Waals surface area contributed by atoms with Gasteiger partial charge in [0.05, 0.1) is 12.1 Å². The Bertz CT molecular complexity index is 507. The third-order valence-corrected chi connectivity index (χ3v) is 2.89. The number of hydrogen-bond donors (Lipinski definition) is 1. The van der Waals surface area contributed by atoms with Crippen LogP contribution in [0, 0.1) is 0 Å². The van der Waals surface area contributed by atoms with Crippen molar-refractivity contribution in [3.8, 4) is 0 Å². The van der Waals surface area contributed by atoms with Gasteiger partial charge in [0, 0.05) is 11.8 Å². The van der Waals surface area contributed by atoms with Crippen LogP contribution in [0.15, 0.2) is 11.4 Å². The zero-order chi connectivity index (χ0) is 10.8. The number of carboxylic acid groups (broad SMARTS) is 1. The van der Waals surface area contributed by atoms with Crippen LogP contribution in [0.25, 0.3) is 10.2 Å². The van der Waals surface area contributed by atoms with E-state index in [1.807, 2.05) is 18.4 Å². The lowest BCUT2D eigenvalue weighted by Crippen LogP contribution is -2.05. The molecule has 0 saturated carbocycles. The Balaban J connectivity index is 2.57. The predicted molar refractivity (Wildman–Crippen MR) is 58.1 cm³/mol. The summed E-state index contributed by atoms with van der Waals surface area (Å²) < 4.78 is 0. The Kier molecular flexibility index (Phi) is 2.64. The maximum Gasteiger partial charge on any atom is 0.309 e. The molecule has 0 saturated heterocycles. The van der Waals surface area contributed by atoms with E-state index in [2.05, 4.69) is 9.97 Å². The predicted octanol–water partition coefficient (Wildman–Crippen LogP) is 1.88. The van der Waals surface area contributed by atoms with Crippen molar-refractivity contribution in [1.82, 2.24) is 9.97 Å². The van der Waals surface area contributed by atoms with Crippen LogP contribution in [0.3, 0.4) is 0 Å². The van der Waals surface area contributed by atoms with Crippen molar-refractivity contribution >= 4 is 27.5 Å². The Morgan fingerprint density at radius 1 is 1.53 bits per heavy atom. The maximum atomic E-state index is 10.7. The first-order valence-electron chi connectivity index (χ1n) is 4.65. The van der Waals surface area contributed by atoms with Crippen LogP contribution >= 0.6 is 11.3 Å². The van der Waals surface area contributed by atoms with Gasteiger partial charge >= 0.3 is 5.97 Å². The van der Waals surface area contributed by atoms with Crippen LogP contribution in [-0.2, 0) is 17.6 Å². The monoisotopic (exact) mass is 222 g/mol. The van der Waals surface area contributed by atoms with Crippen LogP contribution in [0.5, 0.6) is 0 Å². The highest BCUT2D eigenvalue weighted by atomic mass is 32.1. The minimum absolute atomic E-state index is 0.0389. The van der Waals surface area contributed by atoms with E-state index in [4.69, 9.17) is 5.11 Å². The lowest BCUT2D eigenvalue weighted by Gasteiger charge is -2.01. The summed E-state index contributed by atoms with van der Waals surface area (Å²) >= 11 is 1.51. The second-order valence-electron chi connectivity index (χ2n) is 3.15. The average Bonchev–Trinajstić information content (AvgIpc) is 2.64. The Labute approximate surface area is 90.6 Å². The van der Waals surface area contributed by atoms with Gasteiger partial charge in [-0.15, -0.1) is 11.3 Å². The van der Waals surface area contributed by atoms with E-state index in [0.717, 1.165) is 16.6 Å². The highest BCUT2D eigenvalue weighted by molar-refractivity contribution is 7.16. The number of carbonyl (C=O) groups is 1. The minimum Gasteiger partial charge on any atom is -0.481 e. The number of nitrogens with zero attached hydrogens (tertiary/aromatic N) is 2. The molecule has 1 N–H and O–H groups in total. The summed E-state index contributed by atoms with van der Waals surface area (Å²) in [4.78, 5) is 20.1. The number of carboxylic acids is 1. The van der Waals surface area contributed by atoms with Crippen molar-refractivity contribution in [2.75, 3.05) is 0 Å². The van der Waals surface area contributed by atoms with Crippen LogP contribution < -0.4 is 0 Å². The molecular formula is C10H10N2O2S. The van der Waals surface area contributed by atoms with Crippen LogP contribution in [0.1, 0.15) is 18.4 Å². The third kappa shape index (κ3) is 1.97. The molecule has 0 aromatic carbocycles. The Hall–Kier alpha value is -1.49. The van der Waals surface area contributed by atoms with Gasteiger partial charge in [0.1, 0.15) is 10.7 Å². The van der Waals surface area contributed by atoms with Gasteiger partial charge in [0.2, 0.25) is 0 Å². The van der Waals surface area contributed by atoms with Gasteiger partial charge in [-0.05, 0) is 11.4 Å². The Morgan fingerprint density at radius 3 is 3.00 bits per heavy atom. The van der Waals surface area contributed by atoms with Gasteiger partial charge < -0.3 is 5.11 Å². The fraction of sp³-hybridized carbons (Fsp3) is 0.300.